The molecule has 160 valence electrons. The molecule has 0 radical (unpaired) electrons. The molecule has 0 saturated carbocycles. The fraction of sp³-hybridized carbons (Fsp3) is 0.789. The Labute approximate surface area is 157 Å². The van der Waals surface area contributed by atoms with E-state index in [1.54, 1.807) is 0 Å². The first-order valence-corrected chi connectivity index (χ1v) is 9.30. The van der Waals surface area contributed by atoms with Crippen LogP contribution in [-0.4, -0.2) is 31.9 Å². The van der Waals surface area contributed by atoms with Crippen LogP contribution in [0.4, 0.5) is 26.3 Å². The fourth-order valence-corrected chi connectivity index (χ4v) is 2.17. The molecule has 0 aliphatic heterocycles. The van der Waals surface area contributed by atoms with Gasteiger partial charge in [0, 0.05) is 0 Å². The summed E-state index contributed by atoms with van der Waals surface area (Å²) in [5.74, 6) is 0. The van der Waals surface area contributed by atoms with Gasteiger partial charge in [-0.15, -0.1) is 0 Å². The summed E-state index contributed by atoms with van der Waals surface area (Å²) in [4.78, 5) is 0. The topological polar surface area (TPSA) is 18.5 Å². The molecule has 0 heterocycles. The van der Waals surface area contributed by atoms with Gasteiger partial charge in [0.05, 0.1) is 0 Å². The van der Waals surface area contributed by atoms with Crippen molar-refractivity contribution < 1.29 is 35.8 Å². The molecular weight excluding hydrogens is 374 g/mol. The highest BCUT2D eigenvalue weighted by molar-refractivity contribution is 4.88. The Balaban J connectivity index is 3.95. The molecule has 0 N–H and O–H groups in total. The van der Waals surface area contributed by atoms with E-state index >= 15 is 0 Å². The summed E-state index contributed by atoms with van der Waals surface area (Å²) in [7, 11) is 0. The summed E-state index contributed by atoms with van der Waals surface area (Å²) in [5.41, 5.74) is 0. The molecule has 0 atom stereocenters. The maximum absolute atomic E-state index is 12.1. The Morgan fingerprint density at radius 1 is 0.667 bits per heavy atom. The van der Waals surface area contributed by atoms with Gasteiger partial charge in [0.25, 0.3) is 0 Å². The lowest BCUT2D eigenvalue weighted by Gasteiger charge is -2.20. The molecule has 0 aliphatic rings. The highest BCUT2D eigenvalue weighted by Gasteiger charge is 2.32. The summed E-state index contributed by atoms with van der Waals surface area (Å²) in [5, 5.41) is 0. The number of unbranched alkanes of at least 4 members (excludes halogenated alkanes) is 5. The van der Waals surface area contributed by atoms with Crippen molar-refractivity contribution in [3.8, 4) is 0 Å². The first kappa shape index (κ1) is 26.0. The van der Waals surface area contributed by atoms with E-state index in [1.807, 2.05) is 12.2 Å². The number of rotatable bonds is 15. The fourth-order valence-electron chi connectivity index (χ4n) is 2.17. The molecule has 0 rings (SSSR count). The van der Waals surface area contributed by atoms with Gasteiger partial charge in [-0.25, -0.2) is 0 Å². The quantitative estimate of drug-likeness (QED) is 0.125. The van der Waals surface area contributed by atoms with E-state index in [-0.39, 0.29) is 6.42 Å². The van der Waals surface area contributed by atoms with Crippen LogP contribution in [0.3, 0.4) is 0 Å². The van der Waals surface area contributed by atoms with Crippen molar-refractivity contribution in [1.29, 1.82) is 0 Å². The van der Waals surface area contributed by atoms with E-state index in [0.717, 1.165) is 19.3 Å². The predicted molar refractivity (Wildman–Crippen MR) is 93.3 cm³/mol. The SMILES string of the molecule is CCCCC/C=C/CC/C=C/CCCC(OCC(F)(F)F)OCC(F)(F)F. The van der Waals surface area contributed by atoms with Crippen LogP contribution in [-0.2, 0) is 9.47 Å². The molecular formula is C19H30F6O2. The largest absolute Gasteiger partial charge is 0.411 e. The Kier molecular flexibility index (Phi) is 14.4. The number of hydrogen-bond donors (Lipinski definition) is 0. The predicted octanol–water partition coefficient (Wildman–Crippen LogP) is 7.11. The Morgan fingerprint density at radius 2 is 1.11 bits per heavy atom. The van der Waals surface area contributed by atoms with Crippen LogP contribution in [0.2, 0.25) is 0 Å². The highest BCUT2D eigenvalue weighted by Crippen LogP contribution is 2.20. The zero-order valence-electron chi connectivity index (χ0n) is 15.7. The monoisotopic (exact) mass is 404 g/mol. The third-order valence-electron chi connectivity index (χ3n) is 3.48. The number of alkyl halides is 6. The van der Waals surface area contributed by atoms with Crippen molar-refractivity contribution >= 4 is 0 Å². The molecule has 0 aromatic carbocycles. The first-order chi connectivity index (χ1) is 12.6. The third kappa shape index (κ3) is 21.1. The lowest BCUT2D eigenvalue weighted by Crippen LogP contribution is -2.29. The maximum Gasteiger partial charge on any atom is 0.411 e. The van der Waals surface area contributed by atoms with Crippen molar-refractivity contribution in [1.82, 2.24) is 0 Å². The number of allylic oxidation sites excluding steroid dienone is 4. The summed E-state index contributed by atoms with van der Waals surface area (Å²) in [6.07, 6.45) is 4.71. The lowest BCUT2D eigenvalue weighted by molar-refractivity contribution is -0.260. The van der Waals surface area contributed by atoms with Crippen LogP contribution in [0.25, 0.3) is 0 Å². The van der Waals surface area contributed by atoms with Crippen molar-refractivity contribution in [3.63, 3.8) is 0 Å². The van der Waals surface area contributed by atoms with Crippen molar-refractivity contribution in [2.24, 2.45) is 0 Å². The molecule has 27 heavy (non-hydrogen) atoms. The number of hydrogen-bond acceptors (Lipinski definition) is 2. The first-order valence-electron chi connectivity index (χ1n) is 9.30. The Morgan fingerprint density at radius 3 is 1.56 bits per heavy atom. The maximum atomic E-state index is 12.1. The van der Waals surface area contributed by atoms with Gasteiger partial charge in [-0.3, -0.25) is 0 Å². The molecule has 0 aromatic rings. The van der Waals surface area contributed by atoms with Crippen LogP contribution < -0.4 is 0 Å². The van der Waals surface area contributed by atoms with E-state index in [1.165, 1.54) is 19.3 Å². The zero-order chi connectivity index (χ0) is 20.6. The molecule has 8 heteroatoms. The molecule has 0 aliphatic carbocycles. The second-order valence-corrected chi connectivity index (χ2v) is 6.23. The molecule has 0 amide bonds. The Hall–Kier alpha value is -1.02. The van der Waals surface area contributed by atoms with Crippen LogP contribution in [0.5, 0.6) is 0 Å². The summed E-state index contributed by atoms with van der Waals surface area (Å²) in [6.45, 7) is -1.10. The van der Waals surface area contributed by atoms with E-state index in [2.05, 4.69) is 28.5 Å². The third-order valence-corrected chi connectivity index (χ3v) is 3.48. The van der Waals surface area contributed by atoms with Gasteiger partial charge in [-0.1, -0.05) is 44.1 Å². The number of halogens is 6. The second kappa shape index (κ2) is 15.0. The second-order valence-electron chi connectivity index (χ2n) is 6.23. The summed E-state index contributed by atoms with van der Waals surface area (Å²) < 4.78 is 81.7. The molecule has 0 fully saturated rings. The highest BCUT2D eigenvalue weighted by atomic mass is 19.4. The minimum Gasteiger partial charge on any atom is -0.343 e. The minimum absolute atomic E-state index is 0.0339. The van der Waals surface area contributed by atoms with Gasteiger partial charge in [0.1, 0.15) is 13.2 Å². The van der Waals surface area contributed by atoms with Crippen LogP contribution in [0.15, 0.2) is 24.3 Å². The van der Waals surface area contributed by atoms with Crippen LogP contribution in [0.1, 0.15) is 64.7 Å². The molecule has 0 saturated heterocycles. The van der Waals surface area contributed by atoms with Gasteiger partial charge < -0.3 is 9.47 Å². The lowest BCUT2D eigenvalue weighted by atomic mass is 10.1. The standard InChI is InChI=1S/C19H30F6O2/c1-2-3-4-5-6-7-8-9-10-11-12-13-14-17(26-15-18(20,21)22)27-16-19(23,24)25/h6-7,10-11,17H,2-5,8-9,12-16H2,1H3/b7-6+,11-10+. The number of ether oxygens (including phenoxy) is 2. The van der Waals surface area contributed by atoms with E-state index < -0.39 is 31.9 Å². The van der Waals surface area contributed by atoms with Crippen LogP contribution >= 0.6 is 0 Å². The average molecular weight is 404 g/mol. The van der Waals surface area contributed by atoms with Crippen molar-refractivity contribution in [2.45, 2.75) is 83.4 Å². The Bertz CT molecular complexity index is 384. The molecule has 0 bridgehead atoms. The van der Waals surface area contributed by atoms with Gasteiger partial charge in [0.2, 0.25) is 0 Å². The van der Waals surface area contributed by atoms with E-state index in [4.69, 9.17) is 0 Å². The van der Waals surface area contributed by atoms with Gasteiger partial charge >= 0.3 is 12.4 Å². The van der Waals surface area contributed by atoms with Crippen molar-refractivity contribution in [3.05, 3.63) is 24.3 Å². The van der Waals surface area contributed by atoms with Gasteiger partial charge in [-0.05, 0) is 44.9 Å². The average Bonchev–Trinajstić information content (AvgIpc) is 2.55. The minimum atomic E-state index is -4.61. The summed E-state index contributed by atoms with van der Waals surface area (Å²) in [6, 6.07) is 0. The molecule has 0 spiro atoms. The van der Waals surface area contributed by atoms with Crippen molar-refractivity contribution in [2.75, 3.05) is 13.2 Å². The smallest absolute Gasteiger partial charge is 0.343 e. The molecule has 0 aromatic heterocycles. The molecule has 2 nitrogen and oxygen atoms in total. The zero-order valence-corrected chi connectivity index (χ0v) is 15.7. The van der Waals surface area contributed by atoms with Gasteiger partial charge in [0.15, 0.2) is 6.29 Å². The summed E-state index contributed by atoms with van der Waals surface area (Å²) >= 11 is 0. The normalized spacial score (nSPS) is 13.5. The molecule has 0 unspecified atom stereocenters. The van der Waals surface area contributed by atoms with E-state index in [0.29, 0.717) is 12.8 Å². The van der Waals surface area contributed by atoms with Gasteiger partial charge in [-0.2, -0.15) is 26.3 Å². The van der Waals surface area contributed by atoms with E-state index in [9.17, 15) is 26.3 Å². The van der Waals surface area contributed by atoms with Crippen LogP contribution in [0, 0.1) is 0 Å².